The lowest BCUT2D eigenvalue weighted by Gasteiger charge is -2.36. The molecule has 0 radical (unpaired) electrons. The van der Waals surface area contributed by atoms with Crippen LogP contribution in [0.1, 0.15) is 43.5 Å². The molecule has 2 heterocycles. The van der Waals surface area contributed by atoms with Crippen molar-refractivity contribution >= 4 is 15.7 Å². The highest BCUT2D eigenvalue weighted by atomic mass is 32.2. The van der Waals surface area contributed by atoms with Gasteiger partial charge >= 0.3 is 0 Å². The fraction of sp³-hybridized carbons (Fsp3) is 0.706. The molecule has 1 N–H and O–H groups in total. The van der Waals surface area contributed by atoms with Crippen LogP contribution in [0.5, 0.6) is 0 Å². The van der Waals surface area contributed by atoms with Gasteiger partial charge in [0.15, 0.2) is 5.82 Å². The van der Waals surface area contributed by atoms with Crippen molar-refractivity contribution in [2.45, 2.75) is 39.5 Å². The highest BCUT2D eigenvalue weighted by Crippen LogP contribution is 2.33. The molecule has 1 aliphatic heterocycles. The highest BCUT2D eigenvalue weighted by Gasteiger charge is 2.36. The molecule has 0 bridgehead atoms. The summed E-state index contributed by atoms with van der Waals surface area (Å²) in [5.74, 6) is 0.537. The lowest BCUT2D eigenvalue weighted by Crippen LogP contribution is -2.41. The second-order valence-corrected chi connectivity index (χ2v) is 8.84. The number of hydrogen-bond donors (Lipinski definition) is 1. The first-order valence-corrected chi connectivity index (χ1v) is 10.7. The average molecular weight is 366 g/mol. The molecule has 0 spiro atoms. The summed E-state index contributed by atoms with van der Waals surface area (Å²) in [4.78, 5) is 0. The van der Waals surface area contributed by atoms with Crippen LogP contribution in [0.2, 0.25) is 0 Å². The van der Waals surface area contributed by atoms with Gasteiger partial charge in [0.25, 0.3) is 0 Å². The lowest BCUT2D eigenvalue weighted by atomic mass is 9.82. The van der Waals surface area contributed by atoms with Gasteiger partial charge in [-0.15, -0.1) is 5.10 Å². The molecule has 0 aliphatic carbocycles. The summed E-state index contributed by atoms with van der Waals surface area (Å²) in [6.07, 6.45) is 4.02. The number of aryl methyl sites for hydroxylation is 1. The monoisotopic (exact) mass is 366 g/mol. The van der Waals surface area contributed by atoms with Crippen molar-refractivity contribution in [3.05, 3.63) is 16.8 Å². The molecular formula is C17H26N4O3S. The van der Waals surface area contributed by atoms with Gasteiger partial charge in [0, 0.05) is 31.4 Å². The molecule has 1 fully saturated rings. The van der Waals surface area contributed by atoms with Crippen LogP contribution >= 0.6 is 0 Å². The van der Waals surface area contributed by atoms with E-state index in [1.165, 1.54) is 6.26 Å². The van der Waals surface area contributed by atoms with E-state index in [0.29, 0.717) is 50.4 Å². The molecule has 1 aliphatic rings. The smallest absolute Gasteiger partial charge is 0.166 e. The minimum Gasteiger partial charge on any atom is -0.381 e. The topological polar surface area (TPSA) is 105 Å². The molecule has 0 unspecified atom stereocenters. The summed E-state index contributed by atoms with van der Waals surface area (Å²) >= 11 is 0. The lowest BCUT2D eigenvalue weighted by molar-refractivity contribution is 0.0315. The molecule has 138 valence electrons. The minimum atomic E-state index is -3.12. The Morgan fingerprint density at radius 3 is 2.44 bits per heavy atom. The predicted octanol–water partition coefficient (Wildman–Crippen LogP) is 1.73. The van der Waals surface area contributed by atoms with Gasteiger partial charge in [-0.05, 0) is 31.2 Å². The van der Waals surface area contributed by atoms with Crippen molar-refractivity contribution < 1.29 is 13.2 Å². The molecule has 7 nitrogen and oxygen atoms in total. The molecule has 0 amide bonds. The Bertz CT molecular complexity index is 750. The highest BCUT2D eigenvalue weighted by molar-refractivity contribution is 7.90. The summed E-state index contributed by atoms with van der Waals surface area (Å²) < 4.78 is 29.1. The van der Waals surface area contributed by atoms with Crippen LogP contribution in [0.3, 0.4) is 0 Å². The van der Waals surface area contributed by atoms with Crippen LogP contribution in [0.4, 0.5) is 5.82 Å². The predicted molar refractivity (Wildman–Crippen MR) is 96.2 cm³/mol. The maximum absolute atomic E-state index is 11.9. The maximum Gasteiger partial charge on any atom is 0.166 e. The number of aromatic nitrogens is 2. The Morgan fingerprint density at radius 1 is 1.24 bits per heavy atom. The molecular weight excluding hydrogens is 340 g/mol. The second-order valence-electron chi connectivity index (χ2n) is 6.70. The van der Waals surface area contributed by atoms with Gasteiger partial charge < -0.3 is 10.1 Å². The molecule has 8 heteroatoms. The Morgan fingerprint density at radius 2 is 1.92 bits per heavy atom. The van der Waals surface area contributed by atoms with E-state index in [9.17, 15) is 13.7 Å². The van der Waals surface area contributed by atoms with Crippen molar-refractivity contribution in [1.82, 2.24) is 10.2 Å². The van der Waals surface area contributed by atoms with Gasteiger partial charge in [-0.2, -0.15) is 10.4 Å². The number of sulfone groups is 1. The third-order valence-corrected chi connectivity index (χ3v) is 5.85. The Kier molecular flexibility index (Phi) is 6.36. The third kappa shape index (κ3) is 4.89. The number of hydrogen-bond acceptors (Lipinski definition) is 7. The molecule has 0 atom stereocenters. The van der Waals surface area contributed by atoms with E-state index in [1.807, 2.05) is 13.8 Å². The van der Waals surface area contributed by atoms with Gasteiger partial charge in [0.2, 0.25) is 0 Å². The summed E-state index contributed by atoms with van der Waals surface area (Å²) in [5, 5.41) is 21.2. The Balaban J connectivity index is 2.27. The maximum atomic E-state index is 11.9. The van der Waals surface area contributed by atoms with Crippen LogP contribution in [-0.2, 0) is 27.4 Å². The molecule has 1 aromatic rings. The van der Waals surface area contributed by atoms with Crippen molar-refractivity contribution in [3.63, 3.8) is 0 Å². The minimum absolute atomic E-state index is 0.0966. The van der Waals surface area contributed by atoms with Crippen LogP contribution in [0.25, 0.3) is 0 Å². The summed E-state index contributed by atoms with van der Waals surface area (Å²) in [6.45, 7) is 5.50. The standard InChI is InChI=1S/C17H26N4O3S/c1-4-13-14(10-18)16(21-20-15(13)5-2)19-11-17(12-25(3,22)23)6-8-24-9-7-17/h4-9,11-12H2,1-3H3,(H,19,21). The van der Waals surface area contributed by atoms with Gasteiger partial charge in [0.1, 0.15) is 21.5 Å². The summed E-state index contributed by atoms with van der Waals surface area (Å²) in [7, 11) is -3.12. The third-order valence-electron chi connectivity index (χ3n) is 4.71. The first kappa shape index (κ1) is 19.6. The first-order valence-electron chi connectivity index (χ1n) is 8.62. The number of rotatable bonds is 7. The van der Waals surface area contributed by atoms with E-state index in [4.69, 9.17) is 4.74 Å². The van der Waals surface area contributed by atoms with E-state index in [-0.39, 0.29) is 5.75 Å². The van der Waals surface area contributed by atoms with Gasteiger partial charge in [-0.25, -0.2) is 8.42 Å². The molecule has 0 aromatic carbocycles. The fourth-order valence-corrected chi connectivity index (χ4v) is 4.92. The van der Waals surface area contributed by atoms with Crippen molar-refractivity contribution in [2.24, 2.45) is 5.41 Å². The largest absolute Gasteiger partial charge is 0.381 e. The number of nitrogens with one attached hydrogen (secondary N) is 1. The van der Waals surface area contributed by atoms with Gasteiger partial charge in [-0.1, -0.05) is 13.8 Å². The zero-order chi connectivity index (χ0) is 18.5. The first-order chi connectivity index (χ1) is 11.8. The number of anilines is 1. The number of nitrogens with zero attached hydrogens (tertiary/aromatic N) is 3. The Labute approximate surface area is 149 Å². The molecule has 1 aromatic heterocycles. The van der Waals surface area contributed by atoms with Crippen LogP contribution in [-0.4, -0.2) is 50.4 Å². The van der Waals surface area contributed by atoms with Gasteiger partial charge in [-0.3, -0.25) is 0 Å². The SMILES string of the molecule is CCc1nnc(NCC2(CS(C)(=O)=O)CCOCC2)c(C#N)c1CC. The molecule has 1 saturated heterocycles. The molecule has 2 rings (SSSR count). The van der Waals surface area contributed by atoms with E-state index in [2.05, 4.69) is 21.6 Å². The fourth-order valence-electron chi connectivity index (χ4n) is 3.42. The van der Waals surface area contributed by atoms with Gasteiger partial charge in [0.05, 0.1) is 11.4 Å². The molecule has 25 heavy (non-hydrogen) atoms. The van der Waals surface area contributed by atoms with Crippen LogP contribution < -0.4 is 5.32 Å². The van der Waals surface area contributed by atoms with E-state index >= 15 is 0 Å². The van der Waals surface area contributed by atoms with Crippen molar-refractivity contribution in [3.8, 4) is 6.07 Å². The second kappa shape index (κ2) is 8.11. The Hall–Kier alpha value is -1.72. The van der Waals surface area contributed by atoms with Crippen LogP contribution in [0.15, 0.2) is 0 Å². The van der Waals surface area contributed by atoms with E-state index in [1.54, 1.807) is 0 Å². The number of nitriles is 1. The quantitative estimate of drug-likeness (QED) is 0.783. The number of ether oxygens (including phenoxy) is 1. The molecule has 0 saturated carbocycles. The zero-order valence-electron chi connectivity index (χ0n) is 15.1. The average Bonchev–Trinajstić information content (AvgIpc) is 2.58. The summed E-state index contributed by atoms with van der Waals surface area (Å²) in [6, 6.07) is 2.23. The van der Waals surface area contributed by atoms with E-state index < -0.39 is 15.3 Å². The van der Waals surface area contributed by atoms with E-state index in [0.717, 1.165) is 17.7 Å². The zero-order valence-corrected chi connectivity index (χ0v) is 15.9. The van der Waals surface area contributed by atoms with Crippen molar-refractivity contribution in [2.75, 3.05) is 37.1 Å². The van der Waals surface area contributed by atoms with Crippen molar-refractivity contribution in [1.29, 1.82) is 5.26 Å². The summed E-state index contributed by atoms with van der Waals surface area (Å²) in [5.41, 5.74) is 1.85. The normalized spacial score (nSPS) is 17.0. The van der Waals surface area contributed by atoms with Crippen LogP contribution in [0, 0.1) is 16.7 Å².